The fourth-order valence-electron chi connectivity index (χ4n) is 3.18. The molecule has 1 aliphatic heterocycles. The summed E-state index contributed by atoms with van der Waals surface area (Å²) in [4.78, 5) is 34.3. The van der Waals surface area contributed by atoms with Crippen molar-refractivity contribution in [3.63, 3.8) is 0 Å². The van der Waals surface area contributed by atoms with Crippen LogP contribution in [0, 0.1) is 0 Å². The smallest absolute Gasteiger partial charge is 0.294 e. The zero-order valence-electron chi connectivity index (χ0n) is 15.5. The van der Waals surface area contributed by atoms with Crippen LogP contribution in [0.5, 0.6) is 0 Å². The fourth-order valence-corrected chi connectivity index (χ4v) is 3.32. The minimum atomic E-state index is -0.239. The van der Waals surface area contributed by atoms with Gasteiger partial charge < -0.3 is 14.2 Å². The fraction of sp³-hybridized carbons (Fsp3) is 0.421. The first-order valence-corrected chi connectivity index (χ1v) is 9.35. The number of rotatable bonds is 5. The van der Waals surface area contributed by atoms with E-state index in [0.717, 1.165) is 37.6 Å². The maximum Gasteiger partial charge on any atom is 0.294 e. The van der Waals surface area contributed by atoms with E-state index in [0.29, 0.717) is 13.1 Å². The van der Waals surface area contributed by atoms with Crippen LogP contribution in [0.2, 0.25) is 5.22 Å². The summed E-state index contributed by atoms with van der Waals surface area (Å²) in [6.45, 7) is 7.77. The number of pyridine rings is 1. The minimum Gasteiger partial charge on any atom is -0.440 e. The molecule has 2 aromatic rings. The van der Waals surface area contributed by atoms with Crippen molar-refractivity contribution in [1.29, 1.82) is 0 Å². The molecular formula is C19H23ClN4O3. The second-order valence-corrected chi connectivity index (χ2v) is 6.81. The van der Waals surface area contributed by atoms with Crippen molar-refractivity contribution in [3.8, 4) is 0 Å². The molecule has 0 N–H and O–H groups in total. The molecule has 8 heteroatoms. The summed E-state index contributed by atoms with van der Waals surface area (Å²) < 4.78 is 5.25. The lowest BCUT2D eigenvalue weighted by molar-refractivity contribution is -0.130. The normalized spacial score (nSPS) is 15.0. The Hall–Kier alpha value is -2.38. The summed E-state index contributed by atoms with van der Waals surface area (Å²) in [5.41, 5.74) is 1.65. The van der Waals surface area contributed by atoms with Crippen molar-refractivity contribution in [3.05, 3.63) is 47.1 Å². The van der Waals surface area contributed by atoms with Crippen LogP contribution in [0.15, 0.2) is 34.9 Å². The Morgan fingerprint density at radius 3 is 2.56 bits per heavy atom. The van der Waals surface area contributed by atoms with E-state index in [9.17, 15) is 9.59 Å². The minimum absolute atomic E-state index is 0.116. The van der Waals surface area contributed by atoms with Crippen LogP contribution in [0.4, 0.5) is 5.69 Å². The van der Waals surface area contributed by atoms with E-state index in [2.05, 4.69) is 9.88 Å². The maximum atomic E-state index is 12.7. The number of piperazine rings is 1. The standard InChI is InChI=1S/C19H23ClN4O3/c1-3-24(19(26)17-4-5-18(20)27-17)16-6-7-21-15(12-16)13-22-8-10-23(11-9-22)14(2)25/h4-7,12H,3,8-11,13H2,1-2H3. The molecule has 3 rings (SSSR count). The van der Waals surface area contributed by atoms with Gasteiger partial charge >= 0.3 is 0 Å². The third-order valence-electron chi connectivity index (χ3n) is 4.66. The molecule has 0 radical (unpaired) electrons. The zero-order chi connectivity index (χ0) is 19.4. The molecule has 2 aromatic heterocycles. The third kappa shape index (κ3) is 4.67. The highest BCUT2D eigenvalue weighted by atomic mass is 35.5. The van der Waals surface area contributed by atoms with E-state index in [1.807, 2.05) is 24.0 Å². The van der Waals surface area contributed by atoms with Gasteiger partial charge in [0.1, 0.15) is 0 Å². The third-order valence-corrected chi connectivity index (χ3v) is 4.86. The monoisotopic (exact) mass is 390 g/mol. The van der Waals surface area contributed by atoms with Gasteiger partial charge in [-0.3, -0.25) is 19.5 Å². The number of halogens is 1. The van der Waals surface area contributed by atoms with Gasteiger partial charge in [0.2, 0.25) is 5.91 Å². The van der Waals surface area contributed by atoms with Gasteiger partial charge in [0, 0.05) is 58.1 Å². The Balaban J connectivity index is 1.69. The van der Waals surface area contributed by atoms with Gasteiger partial charge in [-0.2, -0.15) is 0 Å². The molecule has 0 spiro atoms. The summed E-state index contributed by atoms with van der Waals surface area (Å²) in [6, 6.07) is 6.86. The predicted molar refractivity (Wildman–Crippen MR) is 103 cm³/mol. The van der Waals surface area contributed by atoms with Crippen LogP contribution in [0.1, 0.15) is 30.1 Å². The van der Waals surface area contributed by atoms with E-state index in [1.165, 1.54) is 0 Å². The first-order chi connectivity index (χ1) is 13.0. The quantitative estimate of drug-likeness (QED) is 0.785. The van der Waals surface area contributed by atoms with E-state index < -0.39 is 0 Å². The first-order valence-electron chi connectivity index (χ1n) is 8.98. The highest BCUT2D eigenvalue weighted by Crippen LogP contribution is 2.21. The molecule has 0 unspecified atom stereocenters. The van der Waals surface area contributed by atoms with E-state index in [4.69, 9.17) is 16.0 Å². The van der Waals surface area contributed by atoms with E-state index in [1.54, 1.807) is 30.2 Å². The number of hydrogen-bond donors (Lipinski definition) is 0. The van der Waals surface area contributed by atoms with Crippen LogP contribution in [0.3, 0.4) is 0 Å². The molecule has 144 valence electrons. The Kier molecular flexibility index (Phi) is 6.13. The molecule has 27 heavy (non-hydrogen) atoms. The highest BCUT2D eigenvalue weighted by Gasteiger charge is 2.22. The van der Waals surface area contributed by atoms with Crippen LogP contribution >= 0.6 is 11.6 Å². The Bertz CT molecular complexity index is 815. The van der Waals surface area contributed by atoms with Crippen molar-refractivity contribution in [2.24, 2.45) is 0 Å². The first kappa shape index (κ1) is 19.4. The Labute approximate surface area is 163 Å². The molecule has 1 fully saturated rings. The average molecular weight is 391 g/mol. The largest absolute Gasteiger partial charge is 0.440 e. The van der Waals surface area contributed by atoms with Gasteiger partial charge in [-0.25, -0.2) is 0 Å². The number of carbonyl (C=O) groups excluding carboxylic acids is 2. The average Bonchev–Trinajstić information content (AvgIpc) is 3.09. The van der Waals surface area contributed by atoms with Crippen molar-refractivity contribution in [2.75, 3.05) is 37.6 Å². The maximum absolute atomic E-state index is 12.7. The molecule has 2 amide bonds. The van der Waals surface area contributed by atoms with Crippen LogP contribution < -0.4 is 4.90 Å². The summed E-state index contributed by atoms with van der Waals surface area (Å²) >= 11 is 5.78. The Morgan fingerprint density at radius 2 is 1.96 bits per heavy atom. The van der Waals surface area contributed by atoms with Crippen molar-refractivity contribution >= 4 is 29.1 Å². The van der Waals surface area contributed by atoms with Gasteiger partial charge in [-0.1, -0.05) is 0 Å². The second-order valence-electron chi connectivity index (χ2n) is 6.44. The molecule has 0 bridgehead atoms. The lowest BCUT2D eigenvalue weighted by Crippen LogP contribution is -2.47. The second kappa shape index (κ2) is 8.54. The Morgan fingerprint density at radius 1 is 1.22 bits per heavy atom. The van der Waals surface area contributed by atoms with Crippen LogP contribution in [0.25, 0.3) is 0 Å². The number of hydrogen-bond acceptors (Lipinski definition) is 5. The number of amides is 2. The predicted octanol–water partition coefficient (Wildman–Crippen LogP) is 2.66. The van der Waals surface area contributed by atoms with Gasteiger partial charge in [0.15, 0.2) is 11.0 Å². The lowest BCUT2D eigenvalue weighted by atomic mass is 10.2. The van der Waals surface area contributed by atoms with Gasteiger partial charge in [0.05, 0.1) is 5.69 Å². The van der Waals surface area contributed by atoms with E-state index >= 15 is 0 Å². The molecule has 1 aliphatic rings. The molecule has 7 nitrogen and oxygen atoms in total. The molecule has 0 aliphatic carbocycles. The zero-order valence-corrected chi connectivity index (χ0v) is 16.3. The van der Waals surface area contributed by atoms with Gasteiger partial charge in [-0.15, -0.1) is 0 Å². The number of furan rings is 1. The summed E-state index contributed by atoms with van der Waals surface area (Å²) in [6.07, 6.45) is 1.71. The van der Waals surface area contributed by atoms with Crippen LogP contribution in [-0.4, -0.2) is 59.3 Å². The topological polar surface area (TPSA) is 69.9 Å². The molecule has 1 saturated heterocycles. The SMILES string of the molecule is CCN(C(=O)c1ccc(Cl)o1)c1ccnc(CN2CCN(C(C)=O)CC2)c1. The summed E-state index contributed by atoms with van der Waals surface area (Å²) in [5, 5.41) is 0.189. The number of nitrogens with zero attached hydrogens (tertiary/aromatic N) is 4. The number of carbonyl (C=O) groups is 2. The highest BCUT2D eigenvalue weighted by molar-refractivity contribution is 6.29. The molecule has 0 aromatic carbocycles. The molecule has 3 heterocycles. The number of aromatic nitrogens is 1. The molecule has 0 saturated carbocycles. The summed E-state index contributed by atoms with van der Waals surface area (Å²) in [7, 11) is 0. The van der Waals surface area contributed by atoms with Crippen molar-refractivity contribution in [2.45, 2.75) is 20.4 Å². The van der Waals surface area contributed by atoms with Crippen LogP contribution in [-0.2, 0) is 11.3 Å². The lowest BCUT2D eigenvalue weighted by Gasteiger charge is -2.34. The van der Waals surface area contributed by atoms with Gasteiger partial charge in [-0.05, 0) is 42.8 Å². The van der Waals surface area contributed by atoms with E-state index in [-0.39, 0.29) is 22.8 Å². The summed E-state index contributed by atoms with van der Waals surface area (Å²) in [5.74, 6) is 0.0853. The molecular weight excluding hydrogens is 368 g/mol. The van der Waals surface area contributed by atoms with Crippen molar-refractivity contribution in [1.82, 2.24) is 14.8 Å². The van der Waals surface area contributed by atoms with Gasteiger partial charge in [0.25, 0.3) is 5.91 Å². The van der Waals surface area contributed by atoms with Crippen molar-refractivity contribution < 1.29 is 14.0 Å². The number of anilines is 1. The molecule has 0 atom stereocenters.